The molecule has 1 saturated carbocycles. The number of fused-ring (bicyclic) bond motifs is 2. The molecule has 232 valence electrons. The molecule has 2 aromatic heterocycles. The number of halogens is 1. The van der Waals surface area contributed by atoms with Crippen LogP contribution in [0.15, 0.2) is 48.5 Å². The van der Waals surface area contributed by atoms with E-state index in [1.165, 1.54) is 11.1 Å². The predicted octanol–water partition coefficient (Wildman–Crippen LogP) is 7.36. The van der Waals surface area contributed by atoms with E-state index in [-0.39, 0.29) is 6.10 Å². The van der Waals surface area contributed by atoms with Crippen LogP contribution in [0.2, 0.25) is 5.02 Å². The van der Waals surface area contributed by atoms with Crippen LogP contribution in [-0.2, 0) is 21.3 Å². The molecule has 1 atom stereocenters. The SMILES string of the molecule is Cc1cc2nc(-c3ccc4c(c3)c(C3CCN(C5COC5)CC3)nn4C)sc2c(-c2ccc(Cl)cc2)c1C(OC1CC1)C(=O)O. The number of thiazole rings is 1. The summed E-state index contributed by atoms with van der Waals surface area (Å²) in [7, 11) is 2.02. The molecular formula is C35H35ClN4O4S. The van der Waals surface area contributed by atoms with Crippen molar-refractivity contribution < 1.29 is 19.4 Å². The van der Waals surface area contributed by atoms with Crippen LogP contribution in [0.5, 0.6) is 0 Å². The molecule has 1 aliphatic carbocycles. The van der Waals surface area contributed by atoms with Crippen LogP contribution in [-0.4, -0.2) is 69.2 Å². The van der Waals surface area contributed by atoms with Gasteiger partial charge in [-0.15, -0.1) is 11.3 Å². The number of aromatic nitrogens is 3. The molecule has 2 saturated heterocycles. The third-order valence-corrected chi connectivity index (χ3v) is 11.0. The van der Waals surface area contributed by atoms with Crippen molar-refractivity contribution in [3.8, 4) is 21.7 Å². The Bertz CT molecular complexity index is 1920. The Morgan fingerprint density at radius 2 is 1.80 bits per heavy atom. The summed E-state index contributed by atoms with van der Waals surface area (Å²) in [5.74, 6) is -0.566. The summed E-state index contributed by atoms with van der Waals surface area (Å²) in [6, 6.07) is 16.7. The number of likely N-dealkylation sites (tertiary alicyclic amines) is 1. The van der Waals surface area contributed by atoms with Gasteiger partial charge in [-0.1, -0.05) is 23.7 Å². The normalized spacial score (nSPS) is 18.9. The summed E-state index contributed by atoms with van der Waals surface area (Å²) in [6.45, 7) is 5.81. The smallest absolute Gasteiger partial charge is 0.337 e. The first-order valence-corrected chi connectivity index (χ1v) is 16.9. The Morgan fingerprint density at radius 3 is 2.47 bits per heavy atom. The van der Waals surface area contributed by atoms with E-state index in [2.05, 4.69) is 23.1 Å². The van der Waals surface area contributed by atoms with Crippen molar-refractivity contribution in [3.63, 3.8) is 0 Å². The second-order valence-corrected chi connectivity index (χ2v) is 14.1. The van der Waals surface area contributed by atoms with Gasteiger partial charge in [0.2, 0.25) is 0 Å². The van der Waals surface area contributed by atoms with Gasteiger partial charge < -0.3 is 14.6 Å². The number of ether oxygens (including phenoxy) is 2. The fraction of sp³-hybridized carbons (Fsp3) is 0.400. The molecule has 3 aliphatic rings. The molecule has 1 N–H and O–H groups in total. The maximum atomic E-state index is 12.6. The summed E-state index contributed by atoms with van der Waals surface area (Å²) in [5, 5.41) is 18.0. The molecule has 0 radical (unpaired) electrons. The molecule has 10 heteroatoms. The monoisotopic (exact) mass is 642 g/mol. The second-order valence-electron chi connectivity index (χ2n) is 12.7. The highest BCUT2D eigenvalue weighted by atomic mass is 35.5. The summed E-state index contributed by atoms with van der Waals surface area (Å²) >= 11 is 7.86. The van der Waals surface area contributed by atoms with E-state index >= 15 is 0 Å². The summed E-state index contributed by atoms with van der Waals surface area (Å²) in [6.07, 6.45) is 2.88. The van der Waals surface area contributed by atoms with E-state index in [1.54, 1.807) is 11.3 Å². The van der Waals surface area contributed by atoms with Gasteiger partial charge >= 0.3 is 5.97 Å². The molecule has 0 spiro atoms. The Labute approximate surface area is 270 Å². The lowest BCUT2D eigenvalue weighted by atomic mass is 9.90. The van der Waals surface area contributed by atoms with Crippen LogP contribution in [0, 0.1) is 6.92 Å². The van der Waals surface area contributed by atoms with Crippen LogP contribution in [0.4, 0.5) is 0 Å². The Hall–Kier alpha value is -3.34. The van der Waals surface area contributed by atoms with Gasteiger partial charge in [-0.05, 0) is 93.2 Å². The molecule has 8 rings (SSSR count). The number of hydrogen-bond donors (Lipinski definition) is 1. The minimum Gasteiger partial charge on any atom is -0.479 e. The number of carboxylic acid groups (broad SMARTS) is 1. The highest BCUT2D eigenvalue weighted by molar-refractivity contribution is 7.22. The van der Waals surface area contributed by atoms with Gasteiger partial charge in [0.15, 0.2) is 6.10 Å². The lowest BCUT2D eigenvalue weighted by Gasteiger charge is -2.41. The van der Waals surface area contributed by atoms with Crippen molar-refractivity contribution in [2.75, 3.05) is 26.3 Å². The highest BCUT2D eigenvalue weighted by Crippen LogP contribution is 2.45. The van der Waals surface area contributed by atoms with Crippen LogP contribution < -0.4 is 0 Å². The summed E-state index contributed by atoms with van der Waals surface area (Å²) < 4.78 is 14.5. The number of nitrogens with zero attached hydrogens (tertiary/aromatic N) is 4. The maximum absolute atomic E-state index is 12.6. The van der Waals surface area contributed by atoms with Crippen molar-refractivity contribution in [1.82, 2.24) is 19.7 Å². The van der Waals surface area contributed by atoms with Gasteiger partial charge in [0.1, 0.15) is 5.01 Å². The van der Waals surface area contributed by atoms with E-state index in [0.29, 0.717) is 22.5 Å². The Kier molecular flexibility index (Phi) is 7.42. The van der Waals surface area contributed by atoms with Crippen molar-refractivity contribution in [3.05, 3.63) is 70.4 Å². The number of aliphatic carboxylic acids is 1. The lowest BCUT2D eigenvalue weighted by Crippen LogP contribution is -2.51. The molecule has 0 bridgehead atoms. The topological polar surface area (TPSA) is 89.7 Å². The summed E-state index contributed by atoms with van der Waals surface area (Å²) in [5.41, 5.74) is 7.45. The van der Waals surface area contributed by atoms with Crippen LogP contribution >= 0.6 is 22.9 Å². The first-order chi connectivity index (χ1) is 21.8. The fourth-order valence-electron chi connectivity index (χ4n) is 6.92. The predicted molar refractivity (Wildman–Crippen MR) is 177 cm³/mol. The Morgan fingerprint density at radius 1 is 1.07 bits per heavy atom. The van der Waals surface area contributed by atoms with Crippen LogP contribution in [0.1, 0.15) is 54.5 Å². The van der Waals surface area contributed by atoms with E-state index < -0.39 is 12.1 Å². The van der Waals surface area contributed by atoms with Gasteiger partial charge in [-0.3, -0.25) is 9.58 Å². The van der Waals surface area contributed by atoms with Gasteiger partial charge in [0.05, 0.1) is 46.8 Å². The van der Waals surface area contributed by atoms with E-state index in [0.717, 1.165) is 95.0 Å². The van der Waals surface area contributed by atoms with Crippen molar-refractivity contribution in [2.45, 2.75) is 56.8 Å². The third-order valence-electron chi connectivity index (χ3n) is 9.58. The molecule has 5 aromatic rings. The maximum Gasteiger partial charge on any atom is 0.337 e. The largest absolute Gasteiger partial charge is 0.479 e. The number of aryl methyl sites for hydroxylation is 2. The zero-order valence-corrected chi connectivity index (χ0v) is 26.9. The number of rotatable bonds is 8. The lowest BCUT2D eigenvalue weighted by molar-refractivity contribution is -0.151. The number of benzene rings is 3. The number of hydrogen-bond acceptors (Lipinski definition) is 7. The molecule has 3 aromatic carbocycles. The molecule has 4 heterocycles. The standard InChI is InChI=1S/C35H35ClN4O4S/c1-19-15-27-33(30(20-3-6-23(36)7-4-20)29(19)32(35(41)42)44-25-8-9-25)45-34(37-27)22-5-10-28-26(16-22)31(38-39(28)2)21-11-13-40(14-12-21)24-17-43-18-24/h3-7,10,15-16,21,24-25,32H,8-9,11-14,17-18H2,1-2H3,(H,41,42). The van der Waals surface area contributed by atoms with E-state index in [9.17, 15) is 9.90 Å². The average Bonchev–Trinajstić information content (AvgIpc) is 3.64. The molecular weight excluding hydrogens is 608 g/mol. The zero-order valence-electron chi connectivity index (χ0n) is 25.3. The van der Waals surface area contributed by atoms with Gasteiger partial charge in [0, 0.05) is 40.1 Å². The molecule has 1 unspecified atom stereocenters. The Balaban J connectivity index is 1.22. The van der Waals surface area contributed by atoms with Gasteiger partial charge in [-0.2, -0.15) is 5.10 Å². The quantitative estimate of drug-likeness (QED) is 0.189. The molecule has 8 nitrogen and oxygen atoms in total. The fourth-order valence-corrected chi connectivity index (χ4v) is 8.17. The third kappa shape index (κ3) is 5.34. The van der Waals surface area contributed by atoms with Crippen molar-refractivity contribution in [2.24, 2.45) is 7.05 Å². The van der Waals surface area contributed by atoms with Gasteiger partial charge in [-0.25, -0.2) is 9.78 Å². The molecule has 2 aliphatic heterocycles. The molecule has 0 amide bonds. The average molecular weight is 643 g/mol. The minimum absolute atomic E-state index is 0.0175. The van der Waals surface area contributed by atoms with Crippen LogP contribution in [0.3, 0.4) is 0 Å². The first-order valence-electron chi connectivity index (χ1n) is 15.7. The number of carboxylic acids is 1. The van der Waals surface area contributed by atoms with Crippen molar-refractivity contribution >= 4 is 50.0 Å². The van der Waals surface area contributed by atoms with Crippen molar-refractivity contribution in [1.29, 1.82) is 0 Å². The first kappa shape index (κ1) is 29.1. The minimum atomic E-state index is -1.06. The second kappa shape index (κ2) is 11.5. The summed E-state index contributed by atoms with van der Waals surface area (Å²) in [4.78, 5) is 20.3. The van der Waals surface area contributed by atoms with Crippen LogP contribution in [0.25, 0.3) is 42.8 Å². The van der Waals surface area contributed by atoms with E-state index in [4.69, 9.17) is 31.2 Å². The zero-order chi connectivity index (χ0) is 30.8. The highest BCUT2D eigenvalue weighted by Gasteiger charge is 2.35. The van der Waals surface area contributed by atoms with Gasteiger partial charge in [0.25, 0.3) is 0 Å². The number of piperidine rings is 1. The molecule has 45 heavy (non-hydrogen) atoms. The number of carbonyl (C=O) groups is 1. The molecule has 3 fully saturated rings. The van der Waals surface area contributed by atoms with E-state index in [1.807, 2.05) is 49.0 Å².